The molecule has 0 bridgehead atoms. The second kappa shape index (κ2) is 9.30. The van der Waals surface area contributed by atoms with E-state index in [1.54, 1.807) is 30.1 Å². The monoisotopic (exact) mass is 387 g/mol. The Morgan fingerprint density at radius 2 is 2.08 bits per heavy atom. The number of halogens is 2. The third-order valence-corrected chi connectivity index (χ3v) is 5.15. The summed E-state index contributed by atoms with van der Waals surface area (Å²) in [6, 6.07) is 5.02. The highest BCUT2D eigenvalue weighted by Crippen LogP contribution is 2.29. The maximum absolute atomic E-state index is 12.3. The molecule has 1 saturated carbocycles. The fraction of sp³-hybridized carbons (Fsp3) is 0.556. The number of carboxylic acid groups (broad SMARTS) is 1. The van der Waals surface area contributed by atoms with E-state index in [0.29, 0.717) is 48.1 Å². The van der Waals surface area contributed by atoms with Gasteiger partial charge in [-0.05, 0) is 43.9 Å². The zero-order valence-corrected chi connectivity index (χ0v) is 15.7. The molecule has 0 saturated heterocycles. The van der Waals surface area contributed by atoms with Crippen molar-refractivity contribution in [1.29, 1.82) is 0 Å². The predicted octanol–water partition coefficient (Wildman–Crippen LogP) is 4.25. The van der Waals surface area contributed by atoms with Crippen LogP contribution in [0, 0.1) is 5.92 Å². The Balaban J connectivity index is 1.75. The molecule has 1 aliphatic carbocycles. The van der Waals surface area contributed by atoms with Crippen LogP contribution in [-0.2, 0) is 9.59 Å². The van der Waals surface area contributed by atoms with Gasteiger partial charge in [0, 0.05) is 24.5 Å². The third-order valence-electron chi connectivity index (χ3n) is 4.62. The van der Waals surface area contributed by atoms with E-state index < -0.39 is 5.97 Å². The fourth-order valence-corrected chi connectivity index (χ4v) is 3.58. The van der Waals surface area contributed by atoms with Crippen LogP contribution in [0.2, 0.25) is 10.0 Å². The van der Waals surface area contributed by atoms with E-state index in [-0.39, 0.29) is 17.9 Å². The highest BCUT2D eigenvalue weighted by atomic mass is 35.5. The molecule has 2 unspecified atom stereocenters. The number of benzene rings is 1. The molecule has 0 aliphatic heterocycles. The van der Waals surface area contributed by atoms with Crippen LogP contribution in [0.1, 0.15) is 38.5 Å². The summed E-state index contributed by atoms with van der Waals surface area (Å²) in [7, 11) is 1.76. The van der Waals surface area contributed by atoms with Gasteiger partial charge in [-0.15, -0.1) is 0 Å². The first kappa shape index (κ1) is 19.9. The first-order valence-corrected chi connectivity index (χ1v) is 9.20. The molecule has 1 fully saturated rings. The average Bonchev–Trinajstić information content (AvgIpc) is 2.59. The molecule has 1 N–H and O–H groups in total. The summed E-state index contributed by atoms with van der Waals surface area (Å²) in [4.78, 5) is 25.2. The maximum Gasteiger partial charge on any atom is 0.306 e. The van der Waals surface area contributed by atoms with Crippen molar-refractivity contribution in [3.8, 4) is 5.75 Å². The van der Waals surface area contributed by atoms with Gasteiger partial charge in [-0.1, -0.05) is 29.6 Å². The molecule has 25 heavy (non-hydrogen) atoms. The Hall–Kier alpha value is -1.46. The standard InChI is InChI=1S/C18H23Cl2NO4/c1-21(14-5-2-4-12(10-14)18(23)24)17(22)6-3-9-25-16-8-7-13(19)11-15(16)20/h7-8,11-12,14H,2-6,9-10H2,1H3,(H,23,24). The molecule has 1 aromatic carbocycles. The number of aliphatic carboxylic acids is 1. The Kier molecular flexibility index (Phi) is 7.38. The van der Waals surface area contributed by atoms with Gasteiger partial charge in [0.1, 0.15) is 5.75 Å². The maximum atomic E-state index is 12.3. The van der Waals surface area contributed by atoms with Gasteiger partial charge in [0.25, 0.3) is 0 Å². The molecule has 1 aromatic rings. The van der Waals surface area contributed by atoms with Crippen molar-refractivity contribution in [2.24, 2.45) is 5.92 Å². The molecule has 0 radical (unpaired) electrons. The lowest BCUT2D eigenvalue weighted by Gasteiger charge is -2.34. The van der Waals surface area contributed by atoms with Crippen LogP contribution in [0.25, 0.3) is 0 Å². The highest BCUT2D eigenvalue weighted by molar-refractivity contribution is 6.35. The van der Waals surface area contributed by atoms with E-state index >= 15 is 0 Å². The second-order valence-corrected chi connectivity index (χ2v) is 7.23. The van der Waals surface area contributed by atoms with Crippen LogP contribution in [-0.4, -0.2) is 41.6 Å². The smallest absolute Gasteiger partial charge is 0.306 e. The molecule has 2 atom stereocenters. The van der Waals surface area contributed by atoms with Crippen molar-refractivity contribution in [3.05, 3.63) is 28.2 Å². The van der Waals surface area contributed by atoms with Crippen LogP contribution >= 0.6 is 23.2 Å². The summed E-state index contributed by atoms with van der Waals surface area (Å²) in [6.45, 7) is 0.378. The van der Waals surface area contributed by atoms with E-state index in [4.69, 9.17) is 33.0 Å². The largest absolute Gasteiger partial charge is 0.492 e. The quantitative estimate of drug-likeness (QED) is 0.709. The van der Waals surface area contributed by atoms with Crippen LogP contribution in [0.4, 0.5) is 0 Å². The number of rotatable bonds is 7. The number of carbonyl (C=O) groups is 2. The summed E-state index contributed by atoms with van der Waals surface area (Å²) in [5.41, 5.74) is 0. The summed E-state index contributed by atoms with van der Waals surface area (Å²) < 4.78 is 5.58. The third kappa shape index (κ3) is 5.79. The van der Waals surface area contributed by atoms with Crippen molar-refractivity contribution >= 4 is 35.1 Å². The van der Waals surface area contributed by atoms with E-state index in [1.165, 1.54) is 0 Å². The minimum atomic E-state index is -0.765. The minimum Gasteiger partial charge on any atom is -0.492 e. The summed E-state index contributed by atoms with van der Waals surface area (Å²) in [5, 5.41) is 10.1. The van der Waals surface area contributed by atoms with Crippen LogP contribution in [0.15, 0.2) is 18.2 Å². The van der Waals surface area contributed by atoms with Crippen LogP contribution < -0.4 is 4.74 Å². The normalized spacial score (nSPS) is 20.1. The molecule has 0 spiro atoms. The van der Waals surface area contributed by atoms with Crippen molar-refractivity contribution in [2.45, 2.75) is 44.6 Å². The number of nitrogens with zero attached hydrogens (tertiary/aromatic N) is 1. The van der Waals surface area contributed by atoms with Crippen molar-refractivity contribution < 1.29 is 19.4 Å². The lowest BCUT2D eigenvalue weighted by atomic mass is 9.85. The first-order chi connectivity index (χ1) is 11.9. The Morgan fingerprint density at radius 1 is 1.32 bits per heavy atom. The fourth-order valence-electron chi connectivity index (χ4n) is 3.12. The molecular weight excluding hydrogens is 365 g/mol. The van der Waals surface area contributed by atoms with Gasteiger partial charge in [-0.2, -0.15) is 0 Å². The molecule has 7 heteroatoms. The first-order valence-electron chi connectivity index (χ1n) is 8.44. The number of hydrogen-bond donors (Lipinski definition) is 1. The Bertz CT molecular complexity index is 623. The summed E-state index contributed by atoms with van der Waals surface area (Å²) in [5.74, 6) is -0.548. The van der Waals surface area contributed by atoms with Gasteiger partial charge in [0.05, 0.1) is 17.5 Å². The molecule has 2 rings (SSSR count). The van der Waals surface area contributed by atoms with Crippen molar-refractivity contribution in [3.63, 3.8) is 0 Å². The summed E-state index contributed by atoms with van der Waals surface area (Å²) >= 11 is 11.9. The van der Waals surface area contributed by atoms with Crippen LogP contribution in [0.5, 0.6) is 5.75 Å². The van der Waals surface area contributed by atoms with Gasteiger partial charge in [0.2, 0.25) is 5.91 Å². The van der Waals surface area contributed by atoms with Gasteiger partial charge in [-0.25, -0.2) is 0 Å². The van der Waals surface area contributed by atoms with E-state index in [2.05, 4.69) is 0 Å². The highest BCUT2D eigenvalue weighted by Gasteiger charge is 2.30. The Labute approximate surface area is 157 Å². The SMILES string of the molecule is CN(C(=O)CCCOc1ccc(Cl)cc1Cl)C1CCCC(C(=O)O)C1. The number of carboxylic acids is 1. The van der Waals surface area contributed by atoms with Gasteiger partial charge in [0.15, 0.2) is 0 Å². The number of ether oxygens (including phenoxy) is 1. The Morgan fingerprint density at radius 3 is 2.76 bits per heavy atom. The molecular formula is C18H23Cl2NO4. The number of amides is 1. The topological polar surface area (TPSA) is 66.8 Å². The van der Waals surface area contributed by atoms with Crippen molar-refractivity contribution in [2.75, 3.05) is 13.7 Å². The summed E-state index contributed by atoms with van der Waals surface area (Å²) in [6.07, 6.45) is 3.87. The van der Waals surface area contributed by atoms with E-state index in [1.807, 2.05) is 0 Å². The van der Waals surface area contributed by atoms with Crippen LogP contribution in [0.3, 0.4) is 0 Å². The second-order valence-electron chi connectivity index (χ2n) is 6.39. The molecule has 138 valence electrons. The van der Waals surface area contributed by atoms with Gasteiger partial charge >= 0.3 is 5.97 Å². The van der Waals surface area contributed by atoms with E-state index in [9.17, 15) is 9.59 Å². The zero-order valence-electron chi connectivity index (χ0n) is 14.2. The molecule has 5 nitrogen and oxygen atoms in total. The van der Waals surface area contributed by atoms with Crippen molar-refractivity contribution in [1.82, 2.24) is 4.90 Å². The molecule has 0 heterocycles. The van der Waals surface area contributed by atoms with Gasteiger partial charge < -0.3 is 14.7 Å². The number of hydrogen-bond acceptors (Lipinski definition) is 3. The predicted molar refractivity (Wildman–Crippen MR) is 97.3 cm³/mol. The zero-order chi connectivity index (χ0) is 18.4. The minimum absolute atomic E-state index is 0.00831. The molecule has 1 amide bonds. The average molecular weight is 388 g/mol. The lowest BCUT2D eigenvalue weighted by Crippen LogP contribution is -2.41. The number of carbonyl (C=O) groups excluding carboxylic acids is 1. The van der Waals surface area contributed by atoms with E-state index in [0.717, 1.165) is 12.8 Å². The van der Waals surface area contributed by atoms with Gasteiger partial charge in [-0.3, -0.25) is 9.59 Å². The molecule has 0 aromatic heterocycles. The molecule has 1 aliphatic rings. The lowest BCUT2D eigenvalue weighted by molar-refractivity contribution is -0.145.